The van der Waals surface area contributed by atoms with Gasteiger partial charge in [0.05, 0.1) is 40.8 Å². The Morgan fingerprint density at radius 2 is 1.83 bits per heavy atom. The van der Waals surface area contributed by atoms with Gasteiger partial charge < -0.3 is 4.98 Å². The third kappa shape index (κ3) is 3.04. The van der Waals surface area contributed by atoms with Gasteiger partial charge in [-0.25, -0.2) is 13.4 Å². The Bertz CT molecular complexity index is 1150. The van der Waals surface area contributed by atoms with Crippen LogP contribution in [0.3, 0.4) is 0 Å². The zero-order valence-electron chi connectivity index (χ0n) is 14.8. The number of benzene rings is 1. The van der Waals surface area contributed by atoms with E-state index in [-0.39, 0.29) is 10.6 Å². The Labute approximate surface area is 162 Å². The highest BCUT2D eigenvalue weighted by atomic mass is 32.2. The molecule has 0 spiro atoms. The lowest BCUT2D eigenvalue weighted by Crippen LogP contribution is -2.49. The Morgan fingerprint density at radius 3 is 2.41 bits per heavy atom. The van der Waals surface area contributed by atoms with Crippen LogP contribution in [0.15, 0.2) is 47.9 Å². The van der Waals surface area contributed by atoms with Gasteiger partial charge in [0.2, 0.25) is 10.0 Å². The number of hydrogen-bond donors (Lipinski definition) is 2. The van der Waals surface area contributed by atoms with E-state index in [4.69, 9.17) is 0 Å². The summed E-state index contributed by atoms with van der Waals surface area (Å²) in [6.07, 6.45) is -0.473. The molecule has 12 heteroatoms. The van der Waals surface area contributed by atoms with Crippen molar-refractivity contribution < 1.29 is 26.4 Å². The number of aromatic amines is 2. The van der Waals surface area contributed by atoms with Gasteiger partial charge in [-0.1, -0.05) is 0 Å². The lowest BCUT2D eigenvalue weighted by Gasteiger charge is -2.37. The van der Waals surface area contributed by atoms with Gasteiger partial charge >= 0.3 is 6.18 Å². The van der Waals surface area contributed by atoms with E-state index in [0.29, 0.717) is 23.4 Å². The second-order valence-electron chi connectivity index (χ2n) is 6.51. The average molecular weight is 425 g/mol. The Morgan fingerprint density at radius 1 is 1.14 bits per heavy atom. The summed E-state index contributed by atoms with van der Waals surface area (Å²) in [4.78, 5) is 19.1. The minimum Gasteiger partial charge on any atom is -0.347 e. The Hall–Kier alpha value is -2.99. The monoisotopic (exact) mass is 425 g/mol. The van der Waals surface area contributed by atoms with Crippen molar-refractivity contribution in [1.82, 2.24) is 24.5 Å². The van der Waals surface area contributed by atoms with Crippen LogP contribution in [0, 0.1) is 0 Å². The first-order valence-corrected chi connectivity index (χ1v) is 9.83. The van der Waals surface area contributed by atoms with E-state index in [1.165, 1.54) is 25.6 Å². The molecule has 1 aliphatic rings. The molecule has 0 bridgehead atoms. The third-order valence-corrected chi connectivity index (χ3v) is 6.75. The number of halogens is 3. The molecule has 3 aromatic rings. The molecular formula is C17H14F3N5O3S. The fourth-order valence-corrected chi connectivity index (χ4v) is 5.13. The summed E-state index contributed by atoms with van der Waals surface area (Å²) in [6.45, 7) is 1.41. The zero-order valence-corrected chi connectivity index (χ0v) is 15.6. The number of H-pyrrole nitrogens is 2. The maximum Gasteiger partial charge on any atom is 0.416 e. The number of nitrogens with zero attached hydrogens (tertiary/aromatic N) is 3. The smallest absolute Gasteiger partial charge is 0.347 e. The van der Waals surface area contributed by atoms with Crippen LogP contribution in [0.5, 0.6) is 0 Å². The molecule has 4 rings (SSSR count). The highest BCUT2D eigenvalue weighted by Crippen LogP contribution is 2.40. The molecule has 8 nitrogen and oxygen atoms in total. The van der Waals surface area contributed by atoms with Gasteiger partial charge in [-0.2, -0.15) is 22.6 Å². The number of alkyl halides is 3. The molecule has 2 N–H and O–H groups in total. The van der Waals surface area contributed by atoms with E-state index in [2.05, 4.69) is 20.2 Å². The molecule has 0 saturated heterocycles. The second kappa shape index (κ2) is 6.52. The fraction of sp³-hybridized carbons (Fsp3) is 0.235. The predicted octanol–water partition coefficient (Wildman–Crippen LogP) is 2.52. The first kappa shape index (κ1) is 19.3. The van der Waals surface area contributed by atoms with Gasteiger partial charge in [0, 0.05) is 11.8 Å². The first-order chi connectivity index (χ1) is 13.6. The molecule has 0 aliphatic carbocycles. The summed E-state index contributed by atoms with van der Waals surface area (Å²) in [6, 6.07) is 1.07. The number of imidazole rings is 1. The number of ketones is 1. The van der Waals surface area contributed by atoms with Crippen molar-refractivity contribution in [2.45, 2.75) is 30.1 Å². The molecule has 2 unspecified atom stereocenters. The zero-order chi connectivity index (χ0) is 21.0. The van der Waals surface area contributed by atoms with Crippen LogP contribution in [0.25, 0.3) is 0 Å². The number of carbonyl (C=O) groups excluding carboxylic acids is 1. The van der Waals surface area contributed by atoms with Crippen molar-refractivity contribution in [2.75, 3.05) is 0 Å². The highest BCUT2D eigenvalue weighted by Gasteiger charge is 2.47. The van der Waals surface area contributed by atoms with E-state index in [1.807, 2.05) is 0 Å². The normalized spacial score (nSPS) is 20.6. The van der Waals surface area contributed by atoms with Crippen LogP contribution in [0.2, 0.25) is 0 Å². The summed E-state index contributed by atoms with van der Waals surface area (Å²) in [5.41, 5.74) is -0.0762. The fourth-order valence-electron chi connectivity index (χ4n) is 3.39. The van der Waals surface area contributed by atoms with Gasteiger partial charge in [-0.15, -0.1) is 0 Å². The predicted molar refractivity (Wildman–Crippen MR) is 93.3 cm³/mol. The minimum atomic E-state index is -4.60. The van der Waals surface area contributed by atoms with E-state index in [1.54, 1.807) is 0 Å². The SMILES string of the molecule is CC1C(=O)c2[nH]ncc2C(c2cnc[nH]2)N1S(=O)(=O)c1ccc(C(F)(F)F)cc1. The number of hydrogen-bond acceptors (Lipinski definition) is 5. The largest absolute Gasteiger partial charge is 0.416 e. The van der Waals surface area contributed by atoms with Crippen LogP contribution in [0.1, 0.15) is 40.3 Å². The molecule has 152 valence electrons. The van der Waals surface area contributed by atoms with Crippen LogP contribution in [-0.4, -0.2) is 44.7 Å². The van der Waals surface area contributed by atoms with E-state index in [9.17, 15) is 26.4 Å². The van der Waals surface area contributed by atoms with Crippen LogP contribution in [0.4, 0.5) is 13.2 Å². The van der Waals surface area contributed by atoms with E-state index < -0.39 is 39.6 Å². The molecular weight excluding hydrogens is 411 g/mol. The summed E-state index contributed by atoms with van der Waals surface area (Å²) in [5, 5.41) is 6.44. The standard InChI is InChI=1S/C17H14F3N5O3S/c1-9-16(26)14-12(6-23-24-14)15(13-7-21-8-22-13)25(9)29(27,28)11-4-2-10(3-5-11)17(18,19)20/h2-9,15H,1H3,(H,21,22)(H,23,24). The first-order valence-electron chi connectivity index (χ1n) is 8.39. The number of fused-ring (bicyclic) bond motifs is 1. The lowest BCUT2D eigenvalue weighted by atomic mass is 9.94. The van der Waals surface area contributed by atoms with Gasteiger partial charge in [-0.05, 0) is 31.2 Å². The Balaban J connectivity index is 1.86. The van der Waals surface area contributed by atoms with Crippen LogP contribution < -0.4 is 0 Å². The topological polar surface area (TPSA) is 112 Å². The summed E-state index contributed by atoms with van der Waals surface area (Å²) >= 11 is 0. The van der Waals surface area contributed by atoms with E-state index >= 15 is 0 Å². The van der Waals surface area contributed by atoms with Crippen molar-refractivity contribution >= 4 is 15.8 Å². The second-order valence-corrected chi connectivity index (χ2v) is 8.35. The van der Waals surface area contributed by atoms with Crippen LogP contribution >= 0.6 is 0 Å². The minimum absolute atomic E-state index is 0.177. The summed E-state index contributed by atoms with van der Waals surface area (Å²) in [5.74, 6) is -0.497. The Kier molecular flexibility index (Phi) is 4.35. The molecule has 29 heavy (non-hydrogen) atoms. The molecule has 0 saturated carbocycles. The van der Waals surface area contributed by atoms with Gasteiger partial charge in [0.15, 0.2) is 5.78 Å². The molecule has 2 atom stereocenters. The quantitative estimate of drug-likeness (QED) is 0.670. The number of rotatable bonds is 3. The number of sulfonamides is 1. The maximum absolute atomic E-state index is 13.4. The van der Waals surface area contributed by atoms with Crippen molar-refractivity contribution in [3.05, 3.63) is 65.5 Å². The molecule has 3 heterocycles. The summed E-state index contributed by atoms with van der Waals surface area (Å²) in [7, 11) is -4.35. The molecule has 2 aromatic heterocycles. The summed E-state index contributed by atoms with van der Waals surface area (Å²) < 4.78 is 66.2. The number of Topliss-reactive ketones (excluding diaryl/α,β-unsaturated/α-hetero) is 1. The third-order valence-electron chi connectivity index (χ3n) is 4.80. The number of nitrogens with one attached hydrogen (secondary N) is 2. The van der Waals surface area contributed by atoms with Crippen molar-refractivity contribution in [3.63, 3.8) is 0 Å². The lowest BCUT2D eigenvalue weighted by molar-refractivity contribution is -0.137. The van der Waals surface area contributed by atoms with E-state index in [0.717, 1.165) is 16.4 Å². The number of carbonyl (C=O) groups is 1. The molecule has 0 amide bonds. The van der Waals surface area contributed by atoms with Gasteiger partial charge in [0.1, 0.15) is 5.69 Å². The molecule has 1 aromatic carbocycles. The molecule has 0 radical (unpaired) electrons. The highest BCUT2D eigenvalue weighted by molar-refractivity contribution is 7.89. The van der Waals surface area contributed by atoms with Gasteiger partial charge in [0.25, 0.3) is 0 Å². The van der Waals surface area contributed by atoms with Crippen molar-refractivity contribution in [2.24, 2.45) is 0 Å². The van der Waals surface area contributed by atoms with Gasteiger partial charge in [-0.3, -0.25) is 9.89 Å². The molecule has 1 aliphatic heterocycles. The average Bonchev–Trinajstić information content (AvgIpc) is 3.35. The van der Waals surface area contributed by atoms with Crippen molar-refractivity contribution in [3.8, 4) is 0 Å². The van der Waals surface area contributed by atoms with Crippen LogP contribution in [-0.2, 0) is 16.2 Å². The number of aromatic nitrogens is 4. The maximum atomic E-state index is 13.4. The molecule has 0 fully saturated rings. The van der Waals surface area contributed by atoms with Crippen molar-refractivity contribution in [1.29, 1.82) is 0 Å².